The molecule has 1 N–H and O–H groups in total. The lowest BCUT2D eigenvalue weighted by atomic mass is 10.0. The molecule has 0 fully saturated rings. The lowest BCUT2D eigenvalue weighted by Crippen LogP contribution is -2.01. The number of rotatable bonds is 2. The highest BCUT2D eigenvalue weighted by molar-refractivity contribution is 6.31. The van der Waals surface area contributed by atoms with Crippen molar-refractivity contribution in [1.29, 1.82) is 0 Å². The molecule has 0 aromatic heterocycles. The molecule has 0 unspecified atom stereocenters. The van der Waals surface area contributed by atoms with Crippen LogP contribution in [0.1, 0.15) is 15.9 Å². The normalized spacial score (nSPS) is 10.1. The zero-order chi connectivity index (χ0) is 11.5. The molecule has 0 spiro atoms. The lowest BCUT2D eigenvalue weighted by Gasteiger charge is -2.03. The van der Waals surface area contributed by atoms with Gasteiger partial charge < -0.3 is 5.11 Å². The third-order valence-corrected chi connectivity index (χ3v) is 2.47. The van der Waals surface area contributed by atoms with Crippen LogP contribution in [0.5, 0.6) is 5.75 Å². The highest BCUT2D eigenvalue weighted by atomic mass is 35.5. The summed E-state index contributed by atoms with van der Waals surface area (Å²) in [5.41, 5.74) is 0.749. The third-order valence-electron chi connectivity index (χ3n) is 2.24. The van der Waals surface area contributed by atoms with E-state index in [1.165, 1.54) is 6.07 Å². The number of benzene rings is 2. The number of halogens is 1. The zero-order valence-electron chi connectivity index (χ0n) is 8.35. The van der Waals surface area contributed by atoms with E-state index in [1.807, 2.05) is 0 Å². The predicted molar refractivity (Wildman–Crippen MR) is 63.0 cm³/mol. The molecule has 80 valence electrons. The largest absolute Gasteiger partial charge is 0.507 e. The first kappa shape index (κ1) is 10.7. The standard InChI is InChI=1S/C13H9ClO2/c14-10-5-3-4-9(8-10)13(16)11-6-1-2-7-12(11)15/h1-8,15H. The van der Waals surface area contributed by atoms with E-state index in [4.69, 9.17) is 11.6 Å². The van der Waals surface area contributed by atoms with Gasteiger partial charge in [0.2, 0.25) is 0 Å². The Morgan fingerprint density at radius 3 is 2.50 bits per heavy atom. The quantitative estimate of drug-likeness (QED) is 0.807. The van der Waals surface area contributed by atoms with Crippen molar-refractivity contribution in [3.63, 3.8) is 0 Å². The van der Waals surface area contributed by atoms with Crippen LogP contribution in [0.4, 0.5) is 0 Å². The summed E-state index contributed by atoms with van der Waals surface area (Å²) in [6, 6.07) is 13.1. The lowest BCUT2D eigenvalue weighted by molar-refractivity contribution is 0.103. The minimum Gasteiger partial charge on any atom is -0.507 e. The smallest absolute Gasteiger partial charge is 0.196 e. The van der Waals surface area contributed by atoms with Crippen LogP contribution in [0, 0.1) is 0 Å². The first-order chi connectivity index (χ1) is 7.68. The van der Waals surface area contributed by atoms with Crippen LogP contribution in [-0.4, -0.2) is 10.9 Å². The Morgan fingerprint density at radius 1 is 1.06 bits per heavy atom. The molecule has 2 aromatic rings. The third kappa shape index (κ3) is 2.07. The van der Waals surface area contributed by atoms with Crippen LogP contribution in [0.3, 0.4) is 0 Å². The molecule has 0 aliphatic carbocycles. The summed E-state index contributed by atoms with van der Waals surface area (Å²) in [5.74, 6) is -0.256. The topological polar surface area (TPSA) is 37.3 Å². The second-order valence-electron chi connectivity index (χ2n) is 3.36. The van der Waals surface area contributed by atoms with Crippen molar-refractivity contribution in [2.45, 2.75) is 0 Å². The van der Waals surface area contributed by atoms with E-state index in [1.54, 1.807) is 42.5 Å². The highest BCUT2D eigenvalue weighted by Gasteiger charge is 2.12. The van der Waals surface area contributed by atoms with Crippen molar-refractivity contribution in [2.24, 2.45) is 0 Å². The van der Waals surface area contributed by atoms with Gasteiger partial charge in [0.1, 0.15) is 5.75 Å². The Hall–Kier alpha value is -1.80. The number of hydrogen-bond donors (Lipinski definition) is 1. The monoisotopic (exact) mass is 232 g/mol. The van der Waals surface area contributed by atoms with E-state index < -0.39 is 0 Å². The molecule has 0 atom stereocenters. The number of para-hydroxylation sites is 1. The van der Waals surface area contributed by atoms with Gasteiger partial charge in [-0.3, -0.25) is 4.79 Å². The van der Waals surface area contributed by atoms with Crippen molar-refractivity contribution in [2.75, 3.05) is 0 Å². The second-order valence-corrected chi connectivity index (χ2v) is 3.79. The highest BCUT2D eigenvalue weighted by Crippen LogP contribution is 2.21. The maximum Gasteiger partial charge on any atom is 0.196 e. The molecule has 0 amide bonds. The minimum absolute atomic E-state index is 0.0209. The van der Waals surface area contributed by atoms with Crippen molar-refractivity contribution in [1.82, 2.24) is 0 Å². The average Bonchev–Trinajstić information content (AvgIpc) is 2.29. The fourth-order valence-corrected chi connectivity index (χ4v) is 1.64. The van der Waals surface area contributed by atoms with E-state index >= 15 is 0 Å². The summed E-state index contributed by atoms with van der Waals surface area (Å²) in [5, 5.41) is 10.1. The fraction of sp³-hybridized carbons (Fsp3) is 0. The van der Waals surface area contributed by atoms with Crippen LogP contribution < -0.4 is 0 Å². The molecule has 0 aliphatic heterocycles. The van der Waals surface area contributed by atoms with Crippen LogP contribution in [0.25, 0.3) is 0 Å². The van der Waals surface area contributed by atoms with Gasteiger partial charge in [-0.2, -0.15) is 0 Å². The Bertz CT molecular complexity index is 535. The number of carbonyl (C=O) groups is 1. The number of aromatic hydroxyl groups is 1. The van der Waals surface area contributed by atoms with Gasteiger partial charge in [-0.05, 0) is 24.3 Å². The number of carbonyl (C=O) groups excluding carboxylic acids is 1. The molecule has 0 saturated carbocycles. The molecule has 0 bridgehead atoms. The van der Waals surface area contributed by atoms with Crippen LogP contribution >= 0.6 is 11.6 Å². The maximum absolute atomic E-state index is 12.0. The summed E-state index contributed by atoms with van der Waals surface area (Å²) < 4.78 is 0. The molecule has 16 heavy (non-hydrogen) atoms. The van der Waals surface area contributed by atoms with E-state index in [2.05, 4.69) is 0 Å². The number of phenolic OH excluding ortho intramolecular Hbond substituents is 1. The van der Waals surface area contributed by atoms with Crippen LogP contribution in [0.2, 0.25) is 5.02 Å². The molecular formula is C13H9ClO2. The first-order valence-corrected chi connectivity index (χ1v) is 5.14. The summed E-state index contributed by atoms with van der Waals surface area (Å²) >= 11 is 5.80. The van der Waals surface area contributed by atoms with Gasteiger partial charge in [0.05, 0.1) is 5.56 Å². The van der Waals surface area contributed by atoms with Gasteiger partial charge in [-0.15, -0.1) is 0 Å². The van der Waals surface area contributed by atoms with Crippen LogP contribution in [-0.2, 0) is 0 Å². The molecule has 2 aromatic carbocycles. The molecule has 2 rings (SSSR count). The molecule has 0 aliphatic rings. The molecule has 0 radical (unpaired) electrons. The van der Waals surface area contributed by atoms with E-state index in [0.29, 0.717) is 10.6 Å². The SMILES string of the molecule is O=C(c1cccc(Cl)c1)c1ccccc1O. The Kier molecular flexibility index (Phi) is 2.93. The van der Waals surface area contributed by atoms with E-state index in [0.717, 1.165) is 0 Å². The Labute approximate surface area is 98.1 Å². The van der Waals surface area contributed by atoms with Gasteiger partial charge in [-0.25, -0.2) is 0 Å². The van der Waals surface area contributed by atoms with E-state index in [9.17, 15) is 9.90 Å². The van der Waals surface area contributed by atoms with Gasteiger partial charge in [0.15, 0.2) is 5.78 Å². The summed E-state index contributed by atoms with van der Waals surface area (Å²) in [4.78, 5) is 12.0. The second kappa shape index (κ2) is 4.37. The zero-order valence-corrected chi connectivity index (χ0v) is 9.11. The van der Waals surface area contributed by atoms with Crippen molar-refractivity contribution < 1.29 is 9.90 Å². The van der Waals surface area contributed by atoms with Crippen molar-refractivity contribution >= 4 is 17.4 Å². The van der Waals surface area contributed by atoms with Gasteiger partial charge >= 0.3 is 0 Å². The average molecular weight is 233 g/mol. The Morgan fingerprint density at radius 2 is 1.81 bits per heavy atom. The predicted octanol–water partition coefficient (Wildman–Crippen LogP) is 3.28. The summed E-state index contributed by atoms with van der Waals surface area (Å²) in [7, 11) is 0. The van der Waals surface area contributed by atoms with Crippen molar-refractivity contribution in [3.8, 4) is 5.75 Å². The maximum atomic E-state index is 12.0. The summed E-state index contributed by atoms with van der Waals surface area (Å²) in [6.45, 7) is 0. The summed E-state index contributed by atoms with van der Waals surface area (Å²) in [6.07, 6.45) is 0. The number of ketones is 1. The number of hydrogen-bond acceptors (Lipinski definition) is 2. The number of phenols is 1. The van der Waals surface area contributed by atoms with Gasteiger partial charge in [0, 0.05) is 10.6 Å². The first-order valence-electron chi connectivity index (χ1n) is 4.77. The molecule has 0 saturated heterocycles. The fourth-order valence-electron chi connectivity index (χ4n) is 1.45. The van der Waals surface area contributed by atoms with Gasteiger partial charge in [0.25, 0.3) is 0 Å². The molecule has 2 nitrogen and oxygen atoms in total. The van der Waals surface area contributed by atoms with Crippen molar-refractivity contribution in [3.05, 3.63) is 64.7 Å². The minimum atomic E-state index is -0.236. The van der Waals surface area contributed by atoms with E-state index in [-0.39, 0.29) is 17.1 Å². The van der Waals surface area contributed by atoms with Crippen LogP contribution in [0.15, 0.2) is 48.5 Å². The molecular weight excluding hydrogens is 224 g/mol. The van der Waals surface area contributed by atoms with Gasteiger partial charge in [-0.1, -0.05) is 35.9 Å². The Balaban J connectivity index is 2.44. The molecule has 0 heterocycles. The molecule has 3 heteroatoms.